The molecular formula is C13H21NO3S. The molecule has 0 saturated heterocycles. The summed E-state index contributed by atoms with van der Waals surface area (Å²) < 4.78 is 0. The molecule has 0 bridgehead atoms. The lowest BCUT2D eigenvalue weighted by Gasteiger charge is -2.16. The van der Waals surface area contributed by atoms with E-state index >= 15 is 0 Å². The van der Waals surface area contributed by atoms with Gasteiger partial charge >= 0.3 is 5.97 Å². The third-order valence-electron chi connectivity index (χ3n) is 4.22. The van der Waals surface area contributed by atoms with Crippen molar-refractivity contribution in [2.75, 3.05) is 6.26 Å². The summed E-state index contributed by atoms with van der Waals surface area (Å²) in [5.41, 5.74) is 0. The number of hydrogen-bond acceptors (Lipinski definition) is 3. The van der Waals surface area contributed by atoms with Crippen molar-refractivity contribution in [3.8, 4) is 0 Å². The summed E-state index contributed by atoms with van der Waals surface area (Å²) in [6.07, 6.45) is 7.29. The van der Waals surface area contributed by atoms with Crippen molar-refractivity contribution in [1.82, 2.24) is 5.32 Å². The fourth-order valence-electron chi connectivity index (χ4n) is 3.05. The molecule has 102 valence electrons. The molecule has 18 heavy (non-hydrogen) atoms. The number of carbonyl (C=O) groups is 2. The molecule has 2 unspecified atom stereocenters. The zero-order valence-electron chi connectivity index (χ0n) is 10.7. The zero-order chi connectivity index (χ0) is 13.1. The molecule has 2 saturated carbocycles. The van der Waals surface area contributed by atoms with Gasteiger partial charge in [-0.2, -0.15) is 11.8 Å². The van der Waals surface area contributed by atoms with Crippen LogP contribution in [0.3, 0.4) is 0 Å². The largest absolute Gasteiger partial charge is 0.481 e. The molecule has 2 N–H and O–H groups in total. The van der Waals surface area contributed by atoms with E-state index < -0.39 is 5.97 Å². The highest BCUT2D eigenvalue weighted by Gasteiger charge is 2.35. The van der Waals surface area contributed by atoms with Crippen LogP contribution in [0.25, 0.3) is 0 Å². The Labute approximate surface area is 112 Å². The molecule has 0 aliphatic heterocycles. The first kappa shape index (κ1) is 13.7. The van der Waals surface area contributed by atoms with Crippen molar-refractivity contribution >= 4 is 23.6 Å². The van der Waals surface area contributed by atoms with Crippen molar-refractivity contribution < 1.29 is 14.7 Å². The number of amides is 1. The fourth-order valence-corrected chi connectivity index (χ4v) is 3.84. The predicted molar refractivity (Wildman–Crippen MR) is 71.6 cm³/mol. The number of thioether (sulfide) groups is 1. The number of hydrogen-bond donors (Lipinski definition) is 2. The monoisotopic (exact) mass is 271 g/mol. The predicted octanol–water partition coefficient (Wildman–Crippen LogP) is 1.89. The van der Waals surface area contributed by atoms with Crippen LogP contribution < -0.4 is 5.32 Å². The zero-order valence-corrected chi connectivity index (χ0v) is 11.5. The normalized spacial score (nSPS) is 35.6. The number of carbonyl (C=O) groups excluding carboxylic acids is 1. The van der Waals surface area contributed by atoms with Crippen molar-refractivity contribution in [3.05, 3.63) is 0 Å². The summed E-state index contributed by atoms with van der Waals surface area (Å²) in [6, 6.07) is 0.304. The van der Waals surface area contributed by atoms with E-state index in [1.54, 1.807) is 0 Å². The van der Waals surface area contributed by atoms with Crippen LogP contribution in [-0.4, -0.2) is 34.5 Å². The molecule has 0 aromatic heterocycles. The van der Waals surface area contributed by atoms with Gasteiger partial charge in [-0.3, -0.25) is 9.59 Å². The van der Waals surface area contributed by atoms with Gasteiger partial charge in [-0.1, -0.05) is 0 Å². The van der Waals surface area contributed by atoms with Gasteiger partial charge in [0, 0.05) is 17.2 Å². The highest BCUT2D eigenvalue weighted by Crippen LogP contribution is 2.32. The van der Waals surface area contributed by atoms with Gasteiger partial charge in [-0.05, 0) is 44.8 Å². The van der Waals surface area contributed by atoms with E-state index in [2.05, 4.69) is 11.6 Å². The van der Waals surface area contributed by atoms with Crippen LogP contribution in [0.5, 0.6) is 0 Å². The van der Waals surface area contributed by atoms with Gasteiger partial charge in [-0.25, -0.2) is 0 Å². The Hall–Kier alpha value is -0.710. The van der Waals surface area contributed by atoms with E-state index in [0.29, 0.717) is 24.1 Å². The third kappa shape index (κ3) is 3.19. The van der Waals surface area contributed by atoms with E-state index in [4.69, 9.17) is 5.11 Å². The Bertz CT molecular complexity index is 334. The molecule has 0 radical (unpaired) electrons. The lowest BCUT2D eigenvalue weighted by Crippen LogP contribution is -2.37. The summed E-state index contributed by atoms with van der Waals surface area (Å²) >= 11 is 1.87. The molecule has 1 amide bonds. The number of carboxylic acid groups (broad SMARTS) is 1. The van der Waals surface area contributed by atoms with Crippen LogP contribution in [0.2, 0.25) is 0 Å². The molecule has 0 aromatic carbocycles. The highest BCUT2D eigenvalue weighted by atomic mass is 32.2. The fraction of sp³-hybridized carbons (Fsp3) is 0.846. The van der Waals surface area contributed by atoms with Crippen molar-refractivity contribution in [3.63, 3.8) is 0 Å². The summed E-state index contributed by atoms with van der Waals surface area (Å²) in [7, 11) is 0. The Kier molecular flexibility index (Phi) is 4.54. The molecule has 4 atom stereocenters. The van der Waals surface area contributed by atoms with Crippen molar-refractivity contribution in [2.45, 2.75) is 49.8 Å². The topological polar surface area (TPSA) is 66.4 Å². The van der Waals surface area contributed by atoms with Gasteiger partial charge in [0.2, 0.25) is 5.91 Å². The first-order valence-corrected chi connectivity index (χ1v) is 7.95. The van der Waals surface area contributed by atoms with Gasteiger partial charge < -0.3 is 10.4 Å². The van der Waals surface area contributed by atoms with Gasteiger partial charge in [-0.15, -0.1) is 0 Å². The Balaban J connectivity index is 1.77. The Morgan fingerprint density at radius 2 is 1.83 bits per heavy atom. The number of carboxylic acids is 1. The van der Waals surface area contributed by atoms with E-state index in [9.17, 15) is 9.59 Å². The first-order valence-electron chi connectivity index (χ1n) is 6.66. The quantitative estimate of drug-likeness (QED) is 0.819. The smallest absolute Gasteiger partial charge is 0.306 e. The standard InChI is InChI=1S/C13H21NO3S/c1-18-11-5-4-10(7-11)14-12(15)8-2-3-9(6-8)13(16)17/h8-11H,2-7H2,1H3,(H,14,15)(H,16,17)/t8-,9+,10?,11?/m1/s1. The lowest BCUT2D eigenvalue weighted by atomic mass is 10.0. The minimum absolute atomic E-state index is 0.0745. The maximum atomic E-state index is 12.1. The van der Waals surface area contributed by atoms with Crippen LogP contribution in [0.15, 0.2) is 0 Å². The lowest BCUT2D eigenvalue weighted by molar-refractivity contribution is -0.141. The highest BCUT2D eigenvalue weighted by molar-refractivity contribution is 7.99. The summed E-state index contributed by atoms with van der Waals surface area (Å²) in [4.78, 5) is 22.9. The second-order valence-corrected chi connectivity index (χ2v) is 6.56. The van der Waals surface area contributed by atoms with Crippen molar-refractivity contribution in [2.24, 2.45) is 11.8 Å². The minimum atomic E-state index is -0.756. The van der Waals surface area contributed by atoms with Crippen LogP contribution >= 0.6 is 11.8 Å². The Morgan fingerprint density at radius 3 is 2.39 bits per heavy atom. The molecule has 0 aromatic rings. The molecule has 4 nitrogen and oxygen atoms in total. The second-order valence-electron chi connectivity index (χ2n) is 5.42. The van der Waals surface area contributed by atoms with Crippen molar-refractivity contribution in [1.29, 1.82) is 0 Å². The third-order valence-corrected chi connectivity index (χ3v) is 5.31. The van der Waals surface area contributed by atoms with Crippen LogP contribution in [0.4, 0.5) is 0 Å². The number of nitrogens with one attached hydrogen (secondary N) is 1. The average Bonchev–Trinajstić information content (AvgIpc) is 2.97. The molecule has 5 heteroatoms. The molecule has 2 aliphatic rings. The van der Waals surface area contributed by atoms with E-state index in [1.165, 1.54) is 6.42 Å². The minimum Gasteiger partial charge on any atom is -0.481 e. The van der Waals surface area contributed by atoms with Gasteiger partial charge in [0.15, 0.2) is 0 Å². The molecule has 2 aliphatic carbocycles. The van der Waals surface area contributed by atoms with E-state index in [0.717, 1.165) is 19.3 Å². The van der Waals surface area contributed by atoms with E-state index in [-0.39, 0.29) is 17.7 Å². The first-order chi connectivity index (χ1) is 8.60. The molecular weight excluding hydrogens is 250 g/mol. The molecule has 2 rings (SSSR count). The molecule has 0 heterocycles. The number of aliphatic carboxylic acids is 1. The summed E-state index contributed by atoms with van der Waals surface area (Å²) in [5.74, 6) is -1.08. The number of rotatable bonds is 4. The van der Waals surface area contributed by atoms with Gasteiger partial charge in [0.05, 0.1) is 5.92 Å². The van der Waals surface area contributed by atoms with Crippen LogP contribution in [0, 0.1) is 11.8 Å². The maximum Gasteiger partial charge on any atom is 0.306 e. The average molecular weight is 271 g/mol. The molecule has 0 spiro atoms. The second kappa shape index (κ2) is 5.95. The van der Waals surface area contributed by atoms with Crippen LogP contribution in [0.1, 0.15) is 38.5 Å². The van der Waals surface area contributed by atoms with Crippen LogP contribution in [-0.2, 0) is 9.59 Å². The van der Waals surface area contributed by atoms with Gasteiger partial charge in [0.1, 0.15) is 0 Å². The summed E-state index contributed by atoms with van der Waals surface area (Å²) in [6.45, 7) is 0. The maximum absolute atomic E-state index is 12.1. The molecule has 2 fully saturated rings. The summed E-state index contributed by atoms with van der Waals surface area (Å²) in [5, 5.41) is 12.7. The van der Waals surface area contributed by atoms with Gasteiger partial charge in [0.25, 0.3) is 0 Å². The SMILES string of the molecule is CSC1CCC(NC(=O)[C@@H]2CC[C@H](C(=O)O)C2)C1. The van der Waals surface area contributed by atoms with E-state index in [1.807, 2.05) is 11.8 Å². The Morgan fingerprint density at radius 1 is 1.11 bits per heavy atom.